The monoisotopic (exact) mass is 228 g/mol. The minimum atomic E-state index is 0.0799. The predicted molar refractivity (Wildman–Crippen MR) is 66.5 cm³/mol. The summed E-state index contributed by atoms with van der Waals surface area (Å²) < 4.78 is 5.43. The second kappa shape index (κ2) is 4.00. The molecule has 1 aliphatic carbocycles. The minimum absolute atomic E-state index is 0.0799. The topological polar surface area (TPSA) is 52.0 Å². The van der Waals surface area contributed by atoms with Gasteiger partial charge in [-0.25, -0.2) is 0 Å². The minimum Gasteiger partial charge on any atom is -0.356 e. The van der Waals surface area contributed by atoms with Crippen LogP contribution in [0.1, 0.15) is 25.0 Å². The van der Waals surface area contributed by atoms with Crippen molar-refractivity contribution in [1.29, 1.82) is 0 Å². The summed E-state index contributed by atoms with van der Waals surface area (Å²) >= 11 is 0. The average Bonchev–Trinajstić information content (AvgIpc) is 2.80. The summed E-state index contributed by atoms with van der Waals surface area (Å²) in [6, 6.07) is 12.1. The Labute approximate surface area is 101 Å². The van der Waals surface area contributed by atoms with E-state index in [4.69, 9.17) is 10.3 Å². The van der Waals surface area contributed by atoms with E-state index in [-0.39, 0.29) is 5.41 Å². The van der Waals surface area contributed by atoms with Crippen LogP contribution < -0.4 is 5.73 Å². The third-order valence-electron chi connectivity index (χ3n) is 3.81. The van der Waals surface area contributed by atoms with Gasteiger partial charge in [0.25, 0.3) is 0 Å². The van der Waals surface area contributed by atoms with Crippen LogP contribution in [0.25, 0.3) is 11.3 Å². The van der Waals surface area contributed by atoms with Crippen LogP contribution >= 0.6 is 0 Å². The SMILES string of the molecule is NCC1(c2cc(-c3ccccc3)on2)CCC1. The highest BCUT2D eigenvalue weighted by molar-refractivity contribution is 5.57. The van der Waals surface area contributed by atoms with Crippen molar-refractivity contribution in [1.82, 2.24) is 5.16 Å². The lowest BCUT2D eigenvalue weighted by Crippen LogP contribution is -2.41. The Morgan fingerprint density at radius 3 is 2.59 bits per heavy atom. The molecule has 3 heteroatoms. The van der Waals surface area contributed by atoms with Crippen molar-refractivity contribution in [3.05, 3.63) is 42.1 Å². The third kappa shape index (κ3) is 1.67. The van der Waals surface area contributed by atoms with Gasteiger partial charge in [-0.3, -0.25) is 0 Å². The molecule has 2 aromatic rings. The molecule has 2 N–H and O–H groups in total. The normalized spacial score (nSPS) is 17.7. The highest BCUT2D eigenvalue weighted by Gasteiger charge is 2.40. The van der Waals surface area contributed by atoms with Gasteiger partial charge in [0, 0.05) is 23.6 Å². The predicted octanol–water partition coefficient (Wildman–Crippen LogP) is 2.72. The van der Waals surface area contributed by atoms with Gasteiger partial charge in [-0.1, -0.05) is 41.9 Å². The van der Waals surface area contributed by atoms with Gasteiger partial charge in [-0.2, -0.15) is 0 Å². The largest absolute Gasteiger partial charge is 0.356 e. The maximum absolute atomic E-state index is 5.87. The lowest BCUT2D eigenvalue weighted by molar-refractivity contribution is 0.234. The van der Waals surface area contributed by atoms with E-state index in [1.54, 1.807) is 0 Å². The van der Waals surface area contributed by atoms with Gasteiger partial charge in [0.15, 0.2) is 5.76 Å². The van der Waals surface area contributed by atoms with Gasteiger partial charge >= 0.3 is 0 Å². The second-order valence-corrected chi connectivity index (χ2v) is 4.78. The van der Waals surface area contributed by atoms with E-state index in [0.29, 0.717) is 6.54 Å². The first-order valence-electron chi connectivity index (χ1n) is 6.07. The summed E-state index contributed by atoms with van der Waals surface area (Å²) in [4.78, 5) is 0. The van der Waals surface area contributed by atoms with Gasteiger partial charge in [0.05, 0.1) is 5.69 Å². The maximum Gasteiger partial charge on any atom is 0.167 e. The Kier molecular flexibility index (Phi) is 2.48. The second-order valence-electron chi connectivity index (χ2n) is 4.78. The number of aromatic nitrogens is 1. The molecule has 1 fully saturated rings. The number of hydrogen-bond acceptors (Lipinski definition) is 3. The van der Waals surface area contributed by atoms with E-state index in [1.165, 1.54) is 6.42 Å². The van der Waals surface area contributed by atoms with Gasteiger partial charge in [0.1, 0.15) is 0 Å². The molecule has 0 atom stereocenters. The number of rotatable bonds is 3. The van der Waals surface area contributed by atoms with Crippen molar-refractivity contribution >= 4 is 0 Å². The first kappa shape index (κ1) is 10.5. The fraction of sp³-hybridized carbons (Fsp3) is 0.357. The lowest BCUT2D eigenvalue weighted by atomic mass is 9.66. The Morgan fingerprint density at radius 2 is 2.00 bits per heavy atom. The molecule has 1 saturated carbocycles. The quantitative estimate of drug-likeness (QED) is 0.878. The summed E-state index contributed by atoms with van der Waals surface area (Å²) in [5, 5.41) is 4.20. The number of hydrogen-bond donors (Lipinski definition) is 1. The molecule has 1 aromatic heterocycles. The van der Waals surface area contributed by atoms with Gasteiger partial charge in [0.2, 0.25) is 0 Å². The van der Waals surface area contributed by atoms with E-state index in [9.17, 15) is 0 Å². The van der Waals surface area contributed by atoms with Gasteiger partial charge in [-0.05, 0) is 12.8 Å². The zero-order chi connectivity index (χ0) is 11.7. The molecule has 0 radical (unpaired) electrons. The summed E-state index contributed by atoms with van der Waals surface area (Å²) in [5.41, 5.74) is 8.03. The van der Waals surface area contributed by atoms with Crippen molar-refractivity contribution in [2.45, 2.75) is 24.7 Å². The zero-order valence-corrected chi connectivity index (χ0v) is 9.73. The molecule has 0 aliphatic heterocycles. The highest BCUT2D eigenvalue weighted by Crippen LogP contribution is 2.43. The highest BCUT2D eigenvalue weighted by atomic mass is 16.5. The van der Waals surface area contributed by atoms with E-state index in [0.717, 1.165) is 29.9 Å². The van der Waals surface area contributed by atoms with E-state index < -0.39 is 0 Å². The molecule has 0 spiro atoms. The van der Waals surface area contributed by atoms with Crippen LogP contribution in [0.15, 0.2) is 40.9 Å². The standard InChI is InChI=1S/C14H16N2O/c15-10-14(7-4-8-14)13-9-12(17-16-13)11-5-2-1-3-6-11/h1-3,5-6,9H,4,7-8,10,15H2. The molecule has 1 aliphatic rings. The van der Waals surface area contributed by atoms with Crippen molar-refractivity contribution in [2.24, 2.45) is 5.73 Å². The fourth-order valence-electron chi connectivity index (χ4n) is 2.43. The summed E-state index contributed by atoms with van der Waals surface area (Å²) in [6.07, 6.45) is 3.50. The van der Waals surface area contributed by atoms with Crippen LogP contribution in [0, 0.1) is 0 Å². The number of benzene rings is 1. The van der Waals surface area contributed by atoms with E-state index in [1.807, 2.05) is 36.4 Å². The maximum atomic E-state index is 5.87. The van der Waals surface area contributed by atoms with Crippen LogP contribution in [-0.2, 0) is 5.41 Å². The molecule has 1 heterocycles. The lowest BCUT2D eigenvalue weighted by Gasteiger charge is -2.38. The number of nitrogens with two attached hydrogens (primary N) is 1. The van der Waals surface area contributed by atoms with Gasteiger partial charge in [-0.15, -0.1) is 0 Å². The van der Waals surface area contributed by atoms with Crippen LogP contribution in [-0.4, -0.2) is 11.7 Å². The van der Waals surface area contributed by atoms with Crippen molar-refractivity contribution in [3.63, 3.8) is 0 Å². The Morgan fingerprint density at radius 1 is 1.24 bits per heavy atom. The number of nitrogens with zero attached hydrogens (tertiary/aromatic N) is 1. The molecule has 88 valence electrons. The van der Waals surface area contributed by atoms with Crippen LogP contribution in [0.3, 0.4) is 0 Å². The molecule has 0 bridgehead atoms. The molecule has 0 saturated heterocycles. The van der Waals surface area contributed by atoms with Crippen molar-refractivity contribution in [2.75, 3.05) is 6.54 Å². The first-order chi connectivity index (χ1) is 8.34. The van der Waals surface area contributed by atoms with Crippen molar-refractivity contribution < 1.29 is 4.52 Å². The Hall–Kier alpha value is -1.61. The molecule has 0 unspecified atom stereocenters. The van der Waals surface area contributed by atoms with Crippen molar-refractivity contribution in [3.8, 4) is 11.3 Å². The summed E-state index contributed by atoms with van der Waals surface area (Å²) in [5.74, 6) is 0.834. The summed E-state index contributed by atoms with van der Waals surface area (Å²) in [7, 11) is 0. The molecule has 0 amide bonds. The van der Waals surface area contributed by atoms with Crippen LogP contribution in [0.5, 0.6) is 0 Å². The smallest absolute Gasteiger partial charge is 0.167 e. The fourth-order valence-corrected chi connectivity index (χ4v) is 2.43. The average molecular weight is 228 g/mol. The molecular weight excluding hydrogens is 212 g/mol. The zero-order valence-electron chi connectivity index (χ0n) is 9.73. The molecule has 3 nitrogen and oxygen atoms in total. The van der Waals surface area contributed by atoms with Crippen LogP contribution in [0.2, 0.25) is 0 Å². The Balaban J connectivity index is 1.93. The Bertz CT molecular complexity index is 494. The third-order valence-corrected chi connectivity index (χ3v) is 3.81. The molecule has 1 aromatic carbocycles. The molecule has 3 rings (SSSR count). The van der Waals surface area contributed by atoms with E-state index in [2.05, 4.69) is 5.16 Å². The van der Waals surface area contributed by atoms with Crippen LogP contribution in [0.4, 0.5) is 0 Å². The molecule has 17 heavy (non-hydrogen) atoms. The first-order valence-corrected chi connectivity index (χ1v) is 6.07. The van der Waals surface area contributed by atoms with E-state index >= 15 is 0 Å². The van der Waals surface area contributed by atoms with Gasteiger partial charge < -0.3 is 10.3 Å². The summed E-state index contributed by atoms with van der Waals surface area (Å²) in [6.45, 7) is 0.660. The molecular formula is C14H16N2O.